The molecule has 0 saturated heterocycles. The van der Waals surface area contributed by atoms with Gasteiger partial charge in [-0.05, 0) is 66.8 Å². The van der Waals surface area contributed by atoms with Crippen molar-refractivity contribution >= 4 is 58.8 Å². The van der Waals surface area contributed by atoms with Gasteiger partial charge in [0.05, 0.1) is 0 Å². The lowest BCUT2D eigenvalue weighted by Crippen LogP contribution is -2.51. The number of rotatable bonds is 20. The zero-order chi connectivity index (χ0) is 38.2. The van der Waals surface area contributed by atoms with Crippen LogP contribution in [0.3, 0.4) is 0 Å². The number of carbonyl (C=O) groups excluding carboxylic acids is 3. The van der Waals surface area contributed by atoms with Gasteiger partial charge in [0.2, 0.25) is 23.7 Å². The average Bonchev–Trinajstić information content (AvgIpc) is 3.13. The summed E-state index contributed by atoms with van der Waals surface area (Å²) >= 11 is 6.01. The molecule has 0 spiro atoms. The number of carboxylic acids is 1. The molecule has 17 nitrogen and oxygen atoms in total. The molecule has 0 saturated carbocycles. The van der Waals surface area contributed by atoms with E-state index in [1.165, 1.54) is 12.1 Å². The Bertz CT molecular complexity index is 1880. The zero-order valence-corrected chi connectivity index (χ0v) is 29.3. The molecule has 1 aromatic heterocycles. The average molecular weight is 746 g/mol. The van der Waals surface area contributed by atoms with E-state index in [1.54, 1.807) is 24.3 Å². The number of aliphatic carboxylic acids is 1. The summed E-state index contributed by atoms with van der Waals surface area (Å²) in [6.07, 6.45) is -0.107. The van der Waals surface area contributed by atoms with E-state index in [0.29, 0.717) is 17.3 Å². The van der Waals surface area contributed by atoms with Crippen LogP contribution in [0, 0.1) is 0 Å². The first-order valence-electron chi connectivity index (χ1n) is 16.4. The molecule has 53 heavy (non-hydrogen) atoms. The minimum absolute atomic E-state index is 0.0740. The van der Waals surface area contributed by atoms with E-state index in [2.05, 4.69) is 41.2 Å². The van der Waals surface area contributed by atoms with Gasteiger partial charge in [-0.3, -0.25) is 19.4 Å². The van der Waals surface area contributed by atoms with Gasteiger partial charge >= 0.3 is 12.0 Å². The smallest absolute Gasteiger partial charge is 0.326 e. The van der Waals surface area contributed by atoms with Gasteiger partial charge in [-0.15, -0.1) is 0 Å². The predicted octanol–water partition coefficient (Wildman–Crippen LogP) is 2.45. The summed E-state index contributed by atoms with van der Waals surface area (Å²) in [5.74, 6) is -3.16. The molecule has 3 aromatic carbocycles. The maximum absolute atomic E-state index is 13.3. The van der Waals surface area contributed by atoms with Crippen LogP contribution in [0.5, 0.6) is 6.01 Å². The number of hydrogen-bond donors (Lipinski definition) is 8. The molecule has 1 heterocycles. The van der Waals surface area contributed by atoms with Gasteiger partial charge in [0.1, 0.15) is 18.7 Å². The summed E-state index contributed by atoms with van der Waals surface area (Å²) in [6, 6.07) is 20.6. The summed E-state index contributed by atoms with van der Waals surface area (Å²) in [7, 11) is 0. The molecule has 0 aliphatic carbocycles. The number of aromatic nitrogens is 3. The highest BCUT2D eigenvalue weighted by atomic mass is 35.5. The van der Waals surface area contributed by atoms with E-state index in [0.717, 1.165) is 11.1 Å². The van der Waals surface area contributed by atoms with Crippen LogP contribution in [0.15, 0.2) is 83.9 Å². The van der Waals surface area contributed by atoms with Gasteiger partial charge in [0.25, 0.3) is 5.91 Å². The largest absolute Gasteiger partial charge is 0.480 e. The van der Waals surface area contributed by atoms with Crippen LogP contribution in [-0.4, -0.2) is 68.3 Å². The fraction of sp³-hybridized carbons (Fsp3) is 0.257. The summed E-state index contributed by atoms with van der Waals surface area (Å²) in [5.41, 5.74) is 18.5. The van der Waals surface area contributed by atoms with E-state index in [9.17, 15) is 24.3 Å². The minimum Gasteiger partial charge on any atom is -0.480 e. The molecule has 0 aliphatic heterocycles. The van der Waals surface area contributed by atoms with Crippen LogP contribution in [0.1, 0.15) is 47.2 Å². The number of nitrogens with two attached hydrogens (primary N) is 3. The Labute approximate surface area is 309 Å². The van der Waals surface area contributed by atoms with Gasteiger partial charge in [0, 0.05) is 35.8 Å². The molecule has 4 aromatic rings. The Kier molecular flexibility index (Phi) is 14.7. The third-order valence-corrected chi connectivity index (χ3v) is 7.71. The Morgan fingerprint density at radius 2 is 1.51 bits per heavy atom. The van der Waals surface area contributed by atoms with Crippen LogP contribution >= 0.6 is 11.6 Å². The number of carbonyl (C=O) groups is 4. The lowest BCUT2D eigenvalue weighted by Gasteiger charge is -2.21. The van der Waals surface area contributed by atoms with Crippen molar-refractivity contribution in [2.75, 3.05) is 17.2 Å². The van der Waals surface area contributed by atoms with Crippen molar-refractivity contribution in [3.63, 3.8) is 0 Å². The standard InChI is InChI=1S/C35H40ClN11O6/c36-24-12-8-21(9-13-24)19-41-33-45-34(47-35(46-33)53-20-22-5-2-1-3-6-22)42-25-14-10-23(11-15-25)29(49)43-26(7-4-18-40-32(38)39)30(50)44-27(31(51)52)16-17-28(37)48/h1-3,5-6,8-15,26-27H,4,7,16-20H2,(H2,37,48)(H,43,49)(H,44,50)(H,51,52)(H4,38,39,40)(H2,41,42,45,46,47). The zero-order valence-electron chi connectivity index (χ0n) is 28.5. The Morgan fingerprint density at radius 3 is 2.17 bits per heavy atom. The molecule has 0 radical (unpaired) electrons. The maximum atomic E-state index is 13.3. The van der Waals surface area contributed by atoms with Gasteiger partial charge in [-0.25, -0.2) is 4.79 Å². The second kappa shape index (κ2) is 19.8. The highest BCUT2D eigenvalue weighted by molar-refractivity contribution is 6.30. The lowest BCUT2D eigenvalue weighted by atomic mass is 10.1. The lowest BCUT2D eigenvalue weighted by molar-refractivity contribution is -0.142. The fourth-order valence-corrected chi connectivity index (χ4v) is 4.85. The number of benzene rings is 3. The van der Waals surface area contributed by atoms with Gasteiger partial charge in [-0.2, -0.15) is 15.0 Å². The SMILES string of the molecule is NC(=O)CCC(NC(=O)C(CCCN=C(N)N)NC(=O)c1ccc(Nc2nc(NCc3ccc(Cl)cc3)nc(OCc3ccccc3)n2)cc1)C(=O)O. The van der Waals surface area contributed by atoms with Crippen molar-refractivity contribution < 1.29 is 29.0 Å². The highest BCUT2D eigenvalue weighted by Crippen LogP contribution is 2.20. The van der Waals surface area contributed by atoms with Crippen LogP contribution in [-0.2, 0) is 27.5 Å². The summed E-state index contributed by atoms with van der Waals surface area (Å²) < 4.78 is 5.88. The van der Waals surface area contributed by atoms with Gasteiger partial charge < -0.3 is 48.3 Å². The Balaban J connectivity index is 1.46. The van der Waals surface area contributed by atoms with Crippen molar-refractivity contribution in [1.29, 1.82) is 0 Å². The van der Waals surface area contributed by atoms with E-state index in [1.807, 2.05) is 42.5 Å². The number of halogens is 1. The van der Waals surface area contributed by atoms with E-state index in [4.69, 9.17) is 33.5 Å². The molecule has 11 N–H and O–H groups in total. The minimum atomic E-state index is -1.40. The molecule has 278 valence electrons. The summed E-state index contributed by atoms with van der Waals surface area (Å²) in [5, 5.41) is 21.4. The number of amides is 3. The Hall–Kier alpha value is -6.49. The predicted molar refractivity (Wildman–Crippen MR) is 198 cm³/mol. The second-order valence-corrected chi connectivity index (χ2v) is 12.0. The fourth-order valence-electron chi connectivity index (χ4n) is 4.73. The normalized spacial score (nSPS) is 11.7. The van der Waals surface area contributed by atoms with E-state index >= 15 is 0 Å². The highest BCUT2D eigenvalue weighted by Gasteiger charge is 2.27. The number of guanidine groups is 1. The van der Waals surface area contributed by atoms with Gasteiger partial charge in [-0.1, -0.05) is 54.1 Å². The molecular weight excluding hydrogens is 706 g/mol. The molecule has 0 aliphatic rings. The number of anilines is 3. The quantitative estimate of drug-likeness (QED) is 0.0367. The second-order valence-electron chi connectivity index (χ2n) is 11.6. The van der Waals surface area contributed by atoms with E-state index < -0.39 is 35.8 Å². The third kappa shape index (κ3) is 13.6. The van der Waals surface area contributed by atoms with Crippen molar-refractivity contribution in [1.82, 2.24) is 25.6 Å². The molecule has 0 bridgehead atoms. The number of aliphatic imine (C=N–C) groups is 1. The molecule has 4 rings (SSSR count). The molecule has 0 fully saturated rings. The van der Waals surface area contributed by atoms with Crippen molar-refractivity contribution in [2.45, 2.75) is 50.9 Å². The van der Waals surface area contributed by atoms with Crippen molar-refractivity contribution in [3.8, 4) is 6.01 Å². The first-order valence-corrected chi connectivity index (χ1v) is 16.8. The van der Waals surface area contributed by atoms with Crippen LogP contribution < -0.4 is 43.2 Å². The van der Waals surface area contributed by atoms with Crippen LogP contribution in [0.4, 0.5) is 17.6 Å². The van der Waals surface area contributed by atoms with E-state index in [-0.39, 0.29) is 68.3 Å². The third-order valence-electron chi connectivity index (χ3n) is 7.45. The molecule has 2 atom stereocenters. The summed E-state index contributed by atoms with van der Waals surface area (Å²) in [6.45, 7) is 0.795. The number of carboxylic acid groups (broad SMARTS) is 1. The number of nitrogens with zero attached hydrogens (tertiary/aromatic N) is 4. The number of primary amides is 1. The monoisotopic (exact) mass is 745 g/mol. The molecular formula is C35H40ClN11O6. The molecule has 2 unspecified atom stereocenters. The topological polar surface area (TPSA) is 275 Å². The van der Waals surface area contributed by atoms with Gasteiger partial charge in [0.15, 0.2) is 5.96 Å². The van der Waals surface area contributed by atoms with Crippen molar-refractivity contribution in [3.05, 3.63) is 101 Å². The maximum Gasteiger partial charge on any atom is 0.326 e. The van der Waals surface area contributed by atoms with Crippen LogP contribution in [0.2, 0.25) is 5.02 Å². The first-order chi connectivity index (χ1) is 25.4. The van der Waals surface area contributed by atoms with Crippen molar-refractivity contribution in [2.24, 2.45) is 22.2 Å². The Morgan fingerprint density at radius 1 is 0.811 bits per heavy atom. The molecule has 18 heteroatoms. The number of nitrogens with one attached hydrogen (secondary N) is 4. The number of hydrogen-bond acceptors (Lipinski definition) is 11. The summed E-state index contributed by atoms with van der Waals surface area (Å²) in [4.78, 5) is 66.5. The van der Waals surface area contributed by atoms with Crippen LogP contribution in [0.25, 0.3) is 0 Å². The number of ether oxygens (including phenoxy) is 1. The molecule has 3 amide bonds. The first kappa shape index (κ1) is 39.3.